The van der Waals surface area contributed by atoms with Crippen LogP contribution in [0.5, 0.6) is 0 Å². The zero-order valence-corrected chi connectivity index (χ0v) is 27.2. The van der Waals surface area contributed by atoms with E-state index in [-0.39, 0.29) is 27.8 Å². The summed E-state index contributed by atoms with van der Waals surface area (Å²) in [5, 5.41) is 12.4. The molecule has 1 aliphatic heterocycles. The molecule has 3 aromatic heterocycles. The molecule has 0 radical (unpaired) electrons. The first kappa shape index (κ1) is 33.4. The van der Waals surface area contributed by atoms with Gasteiger partial charge in [0, 0.05) is 32.7 Å². The van der Waals surface area contributed by atoms with Crippen molar-refractivity contribution >= 4 is 56.3 Å². The number of nitrogens with one attached hydrogen (secondary N) is 2. The lowest BCUT2D eigenvalue weighted by atomic mass is 9.93. The number of hydrogen-bond donors (Lipinski definition) is 3. The van der Waals surface area contributed by atoms with E-state index in [1.165, 1.54) is 55.6 Å². The number of ether oxygens (including phenoxy) is 2. The molecular weight excluding hydrogens is 653 g/mol. The van der Waals surface area contributed by atoms with E-state index >= 15 is 0 Å². The van der Waals surface area contributed by atoms with Gasteiger partial charge in [0.15, 0.2) is 5.79 Å². The molecule has 0 aliphatic carbocycles. The van der Waals surface area contributed by atoms with Gasteiger partial charge in [-0.05, 0) is 75.9 Å². The molecule has 1 fully saturated rings. The Morgan fingerprint density at radius 1 is 1.18 bits per heavy atom. The van der Waals surface area contributed by atoms with Crippen LogP contribution in [0, 0.1) is 0 Å². The molecule has 3 unspecified atom stereocenters. The first-order valence-electron chi connectivity index (χ1n) is 13.6. The topological polar surface area (TPSA) is 129 Å². The smallest absolute Gasteiger partial charge is 0.424 e. The van der Waals surface area contributed by atoms with Gasteiger partial charge in [0.2, 0.25) is 5.60 Å². The number of pyridine rings is 2. The predicted octanol–water partition coefficient (Wildman–Crippen LogP) is 7.78. The highest BCUT2D eigenvalue weighted by Crippen LogP contribution is 2.50. The molecule has 240 valence electrons. The third kappa shape index (κ3) is 6.77. The number of benzene rings is 1. The van der Waals surface area contributed by atoms with E-state index < -0.39 is 52.4 Å². The van der Waals surface area contributed by atoms with Crippen LogP contribution in [0.2, 0.25) is 5.02 Å². The van der Waals surface area contributed by atoms with Crippen molar-refractivity contribution in [2.75, 3.05) is 11.9 Å². The Morgan fingerprint density at radius 2 is 1.91 bits per heavy atom. The standard InChI is InChI=1S/C30H30ClF3N4O5S2/c1-27(2,3)45(41)38-24(23-19(31)9-10-22(36-23)37-26(39)40)21-13-16-7-6-8-18(25(16)44-21)20-14-17(11-12-35-20)29(30(32,33)34)15-42-28(4,5)43-29/h6-14,24,38H,15H2,1-5H3,(H,36,37)(H,39,40). The van der Waals surface area contributed by atoms with Gasteiger partial charge in [-0.3, -0.25) is 10.3 Å². The molecule has 4 aromatic rings. The van der Waals surface area contributed by atoms with Gasteiger partial charge >= 0.3 is 12.3 Å². The second-order valence-corrected chi connectivity index (χ2v) is 15.3. The molecular formula is C30H30ClF3N4O5S2. The summed E-state index contributed by atoms with van der Waals surface area (Å²) in [5.41, 5.74) is -1.72. The average Bonchev–Trinajstić information content (AvgIpc) is 3.53. The van der Waals surface area contributed by atoms with Crippen LogP contribution in [-0.2, 0) is 26.4 Å². The maximum Gasteiger partial charge on any atom is 0.424 e. The number of nitrogens with zero attached hydrogens (tertiary/aromatic N) is 2. The Kier molecular flexibility index (Phi) is 8.90. The number of carboxylic acid groups (broad SMARTS) is 1. The minimum absolute atomic E-state index is 0.0259. The van der Waals surface area contributed by atoms with Gasteiger partial charge in [0.25, 0.3) is 0 Å². The number of aromatic nitrogens is 2. The van der Waals surface area contributed by atoms with Crippen molar-refractivity contribution in [1.29, 1.82) is 0 Å². The fourth-order valence-electron chi connectivity index (χ4n) is 4.83. The van der Waals surface area contributed by atoms with Gasteiger partial charge in [-0.25, -0.2) is 9.78 Å². The SMILES string of the molecule is CC1(C)OCC(c2ccnc(-c3cccc4cc(C(N[S+]([O-])C(C)(C)C)c5nc(NC(=O)O)ccc5Cl)sc34)c2)(C(F)(F)F)O1. The molecule has 1 saturated heterocycles. The highest BCUT2D eigenvalue weighted by atomic mass is 35.5. The average molecular weight is 683 g/mol. The number of alkyl halides is 3. The highest BCUT2D eigenvalue weighted by molar-refractivity contribution is 7.90. The summed E-state index contributed by atoms with van der Waals surface area (Å²) in [6.45, 7) is 7.53. The molecule has 3 N–H and O–H groups in total. The molecule has 0 bridgehead atoms. The Morgan fingerprint density at radius 3 is 2.53 bits per heavy atom. The molecule has 15 heteroatoms. The van der Waals surface area contributed by atoms with Crippen molar-refractivity contribution in [3.8, 4) is 11.3 Å². The normalized spacial score (nSPS) is 19.9. The van der Waals surface area contributed by atoms with Crippen LogP contribution < -0.4 is 10.0 Å². The fourth-order valence-corrected chi connectivity index (χ4v) is 7.16. The number of amides is 1. The lowest BCUT2D eigenvalue weighted by Gasteiger charge is -2.31. The summed E-state index contributed by atoms with van der Waals surface area (Å²) < 4.78 is 70.8. The number of hydrogen-bond acceptors (Lipinski definition) is 8. The molecule has 1 amide bonds. The van der Waals surface area contributed by atoms with Gasteiger partial charge in [-0.1, -0.05) is 29.8 Å². The van der Waals surface area contributed by atoms with Crippen LogP contribution >= 0.6 is 22.9 Å². The molecule has 1 aliphatic rings. The van der Waals surface area contributed by atoms with Crippen molar-refractivity contribution in [2.24, 2.45) is 0 Å². The number of carbonyl (C=O) groups is 1. The highest BCUT2D eigenvalue weighted by Gasteiger charge is 2.64. The van der Waals surface area contributed by atoms with Crippen LogP contribution in [-0.4, -0.2) is 49.0 Å². The number of rotatable bonds is 7. The van der Waals surface area contributed by atoms with E-state index in [1.807, 2.05) is 12.1 Å². The number of thiophene rings is 1. The molecule has 5 rings (SSSR count). The number of halogens is 4. The van der Waals surface area contributed by atoms with Crippen molar-refractivity contribution < 1.29 is 37.1 Å². The van der Waals surface area contributed by atoms with Crippen LogP contribution in [0.1, 0.15) is 56.8 Å². The van der Waals surface area contributed by atoms with E-state index in [4.69, 9.17) is 21.1 Å². The zero-order chi connectivity index (χ0) is 32.9. The van der Waals surface area contributed by atoms with E-state index in [2.05, 4.69) is 20.0 Å². The second-order valence-electron chi connectivity index (χ2n) is 11.8. The van der Waals surface area contributed by atoms with Crippen LogP contribution in [0.3, 0.4) is 0 Å². The second kappa shape index (κ2) is 12.0. The zero-order valence-electron chi connectivity index (χ0n) is 24.8. The van der Waals surface area contributed by atoms with E-state index in [0.29, 0.717) is 15.1 Å². The van der Waals surface area contributed by atoms with Crippen molar-refractivity contribution in [2.45, 2.75) is 63.0 Å². The Balaban J connectivity index is 1.63. The summed E-state index contributed by atoms with van der Waals surface area (Å²) in [5.74, 6) is -1.42. The van der Waals surface area contributed by atoms with Gasteiger partial charge < -0.3 is 19.1 Å². The van der Waals surface area contributed by atoms with Crippen molar-refractivity contribution in [3.63, 3.8) is 0 Å². The maximum absolute atomic E-state index is 14.5. The maximum atomic E-state index is 14.5. The third-order valence-electron chi connectivity index (χ3n) is 7.01. The fraction of sp³-hybridized carbons (Fsp3) is 0.367. The van der Waals surface area contributed by atoms with Crippen molar-refractivity contribution in [3.05, 3.63) is 75.9 Å². The molecule has 0 saturated carbocycles. The van der Waals surface area contributed by atoms with E-state index in [0.717, 1.165) is 5.39 Å². The predicted molar refractivity (Wildman–Crippen MR) is 168 cm³/mol. The molecule has 1 aromatic carbocycles. The molecule has 9 nitrogen and oxygen atoms in total. The van der Waals surface area contributed by atoms with E-state index in [9.17, 15) is 27.6 Å². The Bertz CT molecular complexity index is 1750. The van der Waals surface area contributed by atoms with Gasteiger partial charge in [-0.2, -0.15) is 13.2 Å². The van der Waals surface area contributed by atoms with Crippen LogP contribution in [0.25, 0.3) is 21.3 Å². The Hall–Kier alpha value is -2.98. The minimum Gasteiger partial charge on any atom is -0.598 e. The lowest BCUT2D eigenvalue weighted by Crippen LogP contribution is -2.45. The summed E-state index contributed by atoms with van der Waals surface area (Å²) in [6, 6.07) is 11.9. The van der Waals surface area contributed by atoms with Crippen LogP contribution in [0.4, 0.5) is 23.8 Å². The Labute approximate surface area is 269 Å². The molecule has 0 spiro atoms. The minimum atomic E-state index is -4.76. The first-order valence-corrected chi connectivity index (χ1v) is 16.0. The monoisotopic (exact) mass is 682 g/mol. The third-order valence-corrected chi connectivity index (χ3v) is 10.1. The number of fused-ring (bicyclic) bond motifs is 1. The summed E-state index contributed by atoms with van der Waals surface area (Å²) in [4.78, 5) is 20.7. The lowest BCUT2D eigenvalue weighted by molar-refractivity contribution is -0.289. The largest absolute Gasteiger partial charge is 0.598 e. The summed E-state index contributed by atoms with van der Waals surface area (Å²) in [7, 11) is 0. The van der Waals surface area contributed by atoms with Gasteiger partial charge in [0.1, 0.15) is 16.6 Å². The number of anilines is 1. The summed E-state index contributed by atoms with van der Waals surface area (Å²) in [6.07, 6.45) is -4.77. The molecule has 3 atom stereocenters. The summed E-state index contributed by atoms with van der Waals surface area (Å²) >= 11 is 6.24. The van der Waals surface area contributed by atoms with Crippen molar-refractivity contribution in [1.82, 2.24) is 14.7 Å². The van der Waals surface area contributed by atoms with Gasteiger partial charge in [-0.15, -0.1) is 16.1 Å². The van der Waals surface area contributed by atoms with Gasteiger partial charge in [0.05, 0.1) is 23.0 Å². The first-order chi connectivity index (χ1) is 20.9. The van der Waals surface area contributed by atoms with E-state index in [1.54, 1.807) is 32.9 Å². The molecule has 45 heavy (non-hydrogen) atoms. The van der Waals surface area contributed by atoms with Crippen LogP contribution in [0.15, 0.2) is 54.7 Å². The molecule has 4 heterocycles. The quantitative estimate of drug-likeness (QED) is 0.169.